The number of rotatable bonds is 2. The Balaban J connectivity index is 2.86. The van der Waals surface area contributed by atoms with Crippen LogP contribution < -0.4 is 5.73 Å². The zero-order chi connectivity index (χ0) is 9.14. The lowest BCUT2D eigenvalue weighted by Gasteiger charge is -2.06. The molecule has 1 atom stereocenters. The molecule has 1 aromatic carbocycles. The van der Waals surface area contributed by atoms with Crippen LogP contribution in [-0.4, -0.2) is 11.1 Å². The Bertz CT molecular complexity index is 273. The molecule has 1 aromatic rings. The van der Waals surface area contributed by atoms with Crippen LogP contribution in [-0.2, 0) is 6.42 Å². The van der Waals surface area contributed by atoms with Crippen LogP contribution in [0, 0.1) is 5.82 Å². The fourth-order valence-corrected chi connectivity index (χ4v) is 1.06. The number of phenols is 1. The maximum atomic E-state index is 12.5. The van der Waals surface area contributed by atoms with Gasteiger partial charge < -0.3 is 10.8 Å². The smallest absolute Gasteiger partial charge is 0.126 e. The first kappa shape index (κ1) is 9.00. The predicted octanol–water partition coefficient (Wildman–Crippen LogP) is 1.42. The third-order valence-electron chi connectivity index (χ3n) is 1.59. The van der Waals surface area contributed by atoms with Crippen molar-refractivity contribution in [2.75, 3.05) is 0 Å². The summed E-state index contributed by atoms with van der Waals surface area (Å²) in [6, 6.07) is 3.93. The number of aromatic hydroxyl groups is 1. The van der Waals surface area contributed by atoms with E-state index in [0.29, 0.717) is 12.0 Å². The Hall–Kier alpha value is -1.09. The van der Waals surface area contributed by atoms with Crippen molar-refractivity contribution in [3.63, 3.8) is 0 Å². The number of halogens is 1. The third kappa shape index (κ3) is 2.20. The lowest BCUT2D eigenvalue weighted by atomic mass is 10.1. The molecule has 3 heteroatoms. The fraction of sp³-hybridized carbons (Fsp3) is 0.333. The molecule has 12 heavy (non-hydrogen) atoms. The monoisotopic (exact) mass is 169 g/mol. The summed E-state index contributed by atoms with van der Waals surface area (Å²) in [4.78, 5) is 0. The van der Waals surface area contributed by atoms with Gasteiger partial charge in [0.05, 0.1) is 0 Å². The zero-order valence-electron chi connectivity index (χ0n) is 6.92. The second kappa shape index (κ2) is 3.54. The molecule has 0 heterocycles. The van der Waals surface area contributed by atoms with E-state index in [1.54, 1.807) is 6.07 Å². The molecule has 0 saturated carbocycles. The summed E-state index contributed by atoms with van der Waals surface area (Å²) in [5.74, 6) is -0.451. The number of nitrogens with two attached hydrogens (primary N) is 1. The maximum Gasteiger partial charge on any atom is 0.126 e. The molecule has 0 spiro atoms. The number of benzene rings is 1. The standard InChI is InChI=1S/C9H12FNO/c1-6(11)4-7-2-3-8(10)5-9(7)12/h2-3,5-6,12H,4,11H2,1H3/t6-/m1/s1. The van der Waals surface area contributed by atoms with E-state index in [0.717, 1.165) is 6.07 Å². The van der Waals surface area contributed by atoms with Crippen LogP contribution in [0.15, 0.2) is 18.2 Å². The van der Waals surface area contributed by atoms with Crippen LogP contribution >= 0.6 is 0 Å². The van der Waals surface area contributed by atoms with Gasteiger partial charge in [0.15, 0.2) is 0 Å². The molecule has 0 unspecified atom stereocenters. The molecule has 0 aromatic heterocycles. The molecule has 3 N–H and O–H groups in total. The van der Waals surface area contributed by atoms with E-state index in [9.17, 15) is 9.50 Å². The number of hydrogen-bond acceptors (Lipinski definition) is 2. The van der Waals surface area contributed by atoms with Crippen LogP contribution in [0.5, 0.6) is 5.75 Å². The molecule has 1 rings (SSSR count). The molecule has 0 bridgehead atoms. The van der Waals surface area contributed by atoms with E-state index in [1.807, 2.05) is 6.92 Å². The van der Waals surface area contributed by atoms with E-state index in [4.69, 9.17) is 5.73 Å². The highest BCUT2D eigenvalue weighted by atomic mass is 19.1. The first-order valence-electron chi connectivity index (χ1n) is 3.82. The van der Waals surface area contributed by atoms with Crippen molar-refractivity contribution < 1.29 is 9.50 Å². The highest BCUT2D eigenvalue weighted by molar-refractivity contribution is 5.33. The van der Waals surface area contributed by atoms with Crippen LogP contribution in [0.4, 0.5) is 4.39 Å². The number of phenolic OH excluding ortho intramolecular Hbond substituents is 1. The van der Waals surface area contributed by atoms with Gasteiger partial charge in [0.2, 0.25) is 0 Å². The van der Waals surface area contributed by atoms with Gasteiger partial charge in [-0.1, -0.05) is 6.07 Å². The molecule has 0 radical (unpaired) electrons. The Morgan fingerprint density at radius 3 is 2.75 bits per heavy atom. The molecule has 0 aliphatic carbocycles. The summed E-state index contributed by atoms with van der Waals surface area (Å²) in [6.07, 6.45) is 0.562. The fourth-order valence-electron chi connectivity index (χ4n) is 1.06. The maximum absolute atomic E-state index is 12.5. The summed E-state index contributed by atoms with van der Waals surface area (Å²) in [5.41, 5.74) is 6.21. The third-order valence-corrected chi connectivity index (χ3v) is 1.59. The van der Waals surface area contributed by atoms with Crippen LogP contribution in [0.1, 0.15) is 12.5 Å². The van der Waals surface area contributed by atoms with Crippen molar-refractivity contribution in [2.24, 2.45) is 5.73 Å². The summed E-state index contributed by atoms with van der Waals surface area (Å²) in [7, 11) is 0. The zero-order valence-corrected chi connectivity index (χ0v) is 6.92. The summed E-state index contributed by atoms with van der Waals surface area (Å²) >= 11 is 0. The molecular weight excluding hydrogens is 157 g/mol. The quantitative estimate of drug-likeness (QED) is 0.703. The van der Waals surface area contributed by atoms with Gasteiger partial charge in [-0.2, -0.15) is 0 Å². The summed E-state index contributed by atoms with van der Waals surface area (Å²) in [6.45, 7) is 1.84. The second-order valence-electron chi connectivity index (χ2n) is 2.95. The van der Waals surface area contributed by atoms with Gasteiger partial charge >= 0.3 is 0 Å². The van der Waals surface area contributed by atoms with Crippen molar-refractivity contribution >= 4 is 0 Å². The number of hydrogen-bond donors (Lipinski definition) is 2. The largest absolute Gasteiger partial charge is 0.508 e. The minimum Gasteiger partial charge on any atom is -0.508 e. The molecule has 0 amide bonds. The lowest BCUT2D eigenvalue weighted by molar-refractivity contribution is 0.459. The molecule has 0 saturated heterocycles. The molecule has 2 nitrogen and oxygen atoms in total. The average molecular weight is 169 g/mol. The predicted molar refractivity (Wildman–Crippen MR) is 45.4 cm³/mol. The molecular formula is C9H12FNO. The van der Waals surface area contributed by atoms with Crippen molar-refractivity contribution in [1.29, 1.82) is 0 Å². The van der Waals surface area contributed by atoms with Gasteiger partial charge in [-0.05, 0) is 25.0 Å². The summed E-state index contributed by atoms with van der Waals surface area (Å²) < 4.78 is 12.5. The van der Waals surface area contributed by atoms with Gasteiger partial charge in [0.25, 0.3) is 0 Å². The average Bonchev–Trinajstić information content (AvgIpc) is 1.94. The first-order chi connectivity index (χ1) is 5.59. The Morgan fingerprint density at radius 2 is 2.25 bits per heavy atom. The van der Waals surface area contributed by atoms with E-state index in [2.05, 4.69) is 0 Å². The van der Waals surface area contributed by atoms with E-state index >= 15 is 0 Å². The van der Waals surface area contributed by atoms with Gasteiger partial charge in [-0.25, -0.2) is 4.39 Å². The SMILES string of the molecule is C[C@@H](N)Cc1ccc(F)cc1O. The lowest BCUT2D eigenvalue weighted by Crippen LogP contribution is -2.17. The van der Waals surface area contributed by atoms with Gasteiger partial charge in [-0.3, -0.25) is 0 Å². The topological polar surface area (TPSA) is 46.2 Å². The first-order valence-corrected chi connectivity index (χ1v) is 3.82. The Morgan fingerprint density at radius 1 is 1.58 bits per heavy atom. The van der Waals surface area contributed by atoms with Crippen molar-refractivity contribution in [3.05, 3.63) is 29.6 Å². The molecule has 66 valence electrons. The van der Waals surface area contributed by atoms with Crippen LogP contribution in [0.2, 0.25) is 0 Å². The highest BCUT2D eigenvalue weighted by Gasteiger charge is 2.04. The van der Waals surface area contributed by atoms with Crippen molar-refractivity contribution in [2.45, 2.75) is 19.4 Å². The van der Waals surface area contributed by atoms with Gasteiger partial charge in [0.1, 0.15) is 11.6 Å². The van der Waals surface area contributed by atoms with Gasteiger partial charge in [0, 0.05) is 12.1 Å². The Kier molecular flexibility index (Phi) is 2.65. The van der Waals surface area contributed by atoms with Gasteiger partial charge in [-0.15, -0.1) is 0 Å². The van der Waals surface area contributed by atoms with Crippen LogP contribution in [0.3, 0.4) is 0 Å². The molecule has 0 aliphatic heterocycles. The second-order valence-corrected chi connectivity index (χ2v) is 2.95. The minimum absolute atomic E-state index is 0.0210. The van der Waals surface area contributed by atoms with Crippen molar-refractivity contribution in [1.82, 2.24) is 0 Å². The molecule has 0 aliphatic rings. The van der Waals surface area contributed by atoms with E-state index in [-0.39, 0.29) is 11.8 Å². The Labute approximate surface area is 70.8 Å². The molecule has 0 fully saturated rings. The van der Waals surface area contributed by atoms with E-state index in [1.165, 1.54) is 6.07 Å². The van der Waals surface area contributed by atoms with Crippen LogP contribution in [0.25, 0.3) is 0 Å². The minimum atomic E-state index is -0.430. The summed E-state index contributed by atoms with van der Waals surface area (Å²) in [5, 5.41) is 9.24. The van der Waals surface area contributed by atoms with E-state index < -0.39 is 5.82 Å². The normalized spacial score (nSPS) is 12.9. The van der Waals surface area contributed by atoms with Crippen molar-refractivity contribution in [3.8, 4) is 5.75 Å². The highest BCUT2D eigenvalue weighted by Crippen LogP contribution is 2.18.